The molecule has 0 saturated heterocycles. The van der Waals surface area contributed by atoms with Crippen molar-refractivity contribution in [2.75, 3.05) is 0 Å². The summed E-state index contributed by atoms with van der Waals surface area (Å²) >= 11 is 0. The van der Waals surface area contributed by atoms with Gasteiger partial charge in [-0.25, -0.2) is 9.55 Å². The van der Waals surface area contributed by atoms with Gasteiger partial charge >= 0.3 is 0 Å². The lowest BCUT2D eigenvalue weighted by Gasteiger charge is -2.03. The molecule has 0 aliphatic rings. The van der Waals surface area contributed by atoms with E-state index in [1.165, 1.54) is 134 Å². The highest BCUT2D eigenvalue weighted by atomic mass is 15.1. The Morgan fingerprint density at radius 1 is 0.593 bits per heavy atom. The summed E-state index contributed by atoms with van der Waals surface area (Å²) < 4.78 is 2.46. The summed E-state index contributed by atoms with van der Waals surface area (Å²) in [7, 11) is 0. The van der Waals surface area contributed by atoms with Gasteiger partial charge in [0.2, 0.25) is 0 Å². The van der Waals surface area contributed by atoms with Crippen LogP contribution in [-0.2, 0) is 13.0 Å². The van der Waals surface area contributed by atoms with E-state index in [1.54, 1.807) is 0 Å². The predicted molar refractivity (Wildman–Crippen MR) is 119 cm³/mol. The number of aromatic nitrogens is 2. The van der Waals surface area contributed by atoms with Gasteiger partial charge in [0, 0.05) is 6.42 Å². The lowest BCUT2D eigenvalue weighted by molar-refractivity contribution is -0.703. The van der Waals surface area contributed by atoms with Crippen LogP contribution in [0.3, 0.4) is 0 Å². The van der Waals surface area contributed by atoms with Gasteiger partial charge in [0.1, 0.15) is 12.4 Å². The van der Waals surface area contributed by atoms with Crippen molar-refractivity contribution in [2.45, 2.75) is 142 Å². The molecule has 2 heteroatoms. The SMILES string of the molecule is CCCCCCCCCCCCCCc1[nH]cc[n+]1CCCCCCCC. The Labute approximate surface area is 170 Å². The number of unbranched alkanes of at least 4 members (excludes halogenated alkanes) is 16. The highest BCUT2D eigenvalue weighted by molar-refractivity contribution is 4.77. The molecule has 1 heterocycles. The van der Waals surface area contributed by atoms with E-state index in [4.69, 9.17) is 0 Å². The third kappa shape index (κ3) is 13.9. The molecule has 0 radical (unpaired) electrons. The molecular formula is C25H49N2+. The Morgan fingerprint density at radius 3 is 1.56 bits per heavy atom. The smallest absolute Gasteiger partial charge is 0.248 e. The lowest BCUT2D eigenvalue weighted by atomic mass is 10.0. The van der Waals surface area contributed by atoms with Gasteiger partial charge in [-0.2, -0.15) is 0 Å². The van der Waals surface area contributed by atoms with Gasteiger partial charge < -0.3 is 0 Å². The van der Waals surface area contributed by atoms with Crippen LogP contribution in [0.2, 0.25) is 0 Å². The van der Waals surface area contributed by atoms with E-state index >= 15 is 0 Å². The van der Waals surface area contributed by atoms with Crippen LogP contribution in [0.15, 0.2) is 12.4 Å². The molecule has 0 atom stereocenters. The van der Waals surface area contributed by atoms with E-state index in [-0.39, 0.29) is 0 Å². The zero-order valence-corrected chi connectivity index (χ0v) is 18.7. The molecule has 0 fully saturated rings. The van der Waals surface area contributed by atoms with Crippen LogP contribution in [0.4, 0.5) is 0 Å². The zero-order chi connectivity index (χ0) is 19.4. The van der Waals surface area contributed by atoms with Gasteiger partial charge in [-0.15, -0.1) is 0 Å². The van der Waals surface area contributed by atoms with Gasteiger partial charge in [-0.05, 0) is 19.3 Å². The van der Waals surface area contributed by atoms with Crippen molar-refractivity contribution < 1.29 is 4.57 Å². The highest BCUT2D eigenvalue weighted by Gasteiger charge is 2.09. The Kier molecular flexibility index (Phi) is 16.7. The van der Waals surface area contributed by atoms with Crippen LogP contribution in [0.25, 0.3) is 0 Å². The molecule has 0 aliphatic heterocycles. The molecule has 0 bridgehead atoms. The predicted octanol–water partition coefficient (Wildman–Crippen LogP) is 7.91. The Bertz CT molecular complexity index is 410. The van der Waals surface area contributed by atoms with Crippen molar-refractivity contribution in [1.29, 1.82) is 0 Å². The van der Waals surface area contributed by atoms with E-state index in [2.05, 4.69) is 35.8 Å². The number of imidazole rings is 1. The summed E-state index contributed by atoms with van der Waals surface area (Å²) in [5.74, 6) is 1.44. The van der Waals surface area contributed by atoms with Crippen LogP contribution >= 0.6 is 0 Å². The summed E-state index contributed by atoms with van der Waals surface area (Å²) in [5.41, 5.74) is 0. The fourth-order valence-electron chi connectivity index (χ4n) is 4.02. The van der Waals surface area contributed by atoms with Gasteiger partial charge in [0.15, 0.2) is 0 Å². The molecule has 0 amide bonds. The second kappa shape index (κ2) is 18.6. The van der Waals surface area contributed by atoms with Gasteiger partial charge in [0.25, 0.3) is 5.82 Å². The van der Waals surface area contributed by atoms with Crippen LogP contribution in [0.5, 0.6) is 0 Å². The molecule has 1 aromatic heterocycles. The standard InChI is InChI=1S/C25H48N2/c1-3-5-7-9-11-12-13-14-15-16-17-19-21-25-26-22-24-27(25)23-20-18-10-8-6-4-2/h22,24H,3-21,23H2,1-2H3/p+1. The number of aryl methyl sites for hydroxylation is 2. The van der Waals surface area contributed by atoms with Crippen molar-refractivity contribution in [3.8, 4) is 0 Å². The van der Waals surface area contributed by atoms with E-state index in [9.17, 15) is 0 Å². The summed E-state index contributed by atoms with van der Waals surface area (Å²) in [5, 5.41) is 0. The minimum Gasteiger partial charge on any atom is -0.248 e. The minimum atomic E-state index is 1.20. The molecule has 158 valence electrons. The average molecular weight is 378 g/mol. The summed E-state index contributed by atoms with van der Waals surface area (Å²) in [6, 6.07) is 0. The molecule has 0 unspecified atom stereocenters. The molecular weight excluding hydrogens is 328 g/mol. The quantitative estimate of drug-likeness (QED) is 0.176. The first-order valence-electron chi connectivity index (χ1n) is 12.4. The molecule has 0 saturated carbocycles. The molecule has 0 spiro atoms. The van der Waals surface area contributed by atoms with Crippen molar-refractivity contribution in [3.63, 3.8) is 0 Å². The fraction of sp³-hybridized carbons (Fsp3) is 0.880. The first-order chi connectivity index (χ1) is 13.4. The molecule has 2 nitrogen and oxygen atoms in total. The largest absolute Gasteiger partial charge is 0.254 e. The third-order valence-electron chi connectivity index (χ3n) is 5.87. The van der Waals surface area contributed by atoms with Crippen molar-refractivity contribution in [1.82, 2.24) is 4.98 Å². The maximum Gasteiger partial charge on any atom is 0.254 e. The van der Waals surface area contributed by atoms with E-state index in [1.807, 2.05) is 0 Å². The summed E-state index contributed by atoms with van der Waals surface area (Å²) in [6.45, 7) is 5.78. The second-order valence-electron chi connectivity index (χ2n) is 8.51. The average Bonchev–Trinajstić information content (AvgIpc) is 3.12. The third-order valence-corrected chi connectivity index (χ3v) is 5.87. The van der Waals surface area contributed by atoms with Crippen LogP contribution in [-0.4, -0.2) is 4.98 Å². The lowest BCUT2D eigenvalue weighted by Crippen LogP contribution is -2.36. The van der Waals surface area contributed by atoms with Crippen LogP contribution in [0.1, 0.15) is 135 Å². The van der Waals surface area contributed by atoms with Gasteiger partial charge in [-0.3, -0.25) is 0 Å². The van der Waals surface area contributed by atoms with Crippen molar-refractivity contribution in [3.05, 3.63) is 18.2 Å². The van der Waals surface area contributed by atoms with Gasteiger partial charge in [-0.1, -0.05) is 110 Å². The number of hydrogen-bond donors (Lipinski definition) is 1. The molecule has 1 rings (SSSR count). The first kappa shape index (κ1) is 24.2. The van der Waals surface area contributed by atoms with Gasteiger partial charge in [0.05, 0.1) is 6.54 Å². The summed E-state index contributed by atoms with van der Waals surface area (Å²) in [4.78, 5) is 3.47. The second-order valence-corrected chi connectivity index (χ2v) is 8.51. The molecule has 0 aromatic carbocycles. The number of hydrogen-bond acceptors (Lipinski definition) is 0. The first-order valence-corrected chi connectivity index (χ1v) is 12.4. The molecule has 1 N–H and O–H groups in total. The van der Waals surface area contributed by atoms with Crippen molar-refractivity contribution >= 4 is 0 Å². The normalized spacial score (nSPS) is 11.3. The van der Waals surface area contributed by atoms with E-state index in [0.717, 1.165) is 0 Å². The van der Waals surface area contributed by atoms with Crippen molar-refractivity contribution in [2.24, 2.45) is 0 Å². The maximum atomic E-state index is 3.47. The van der Waals surface area contributed by atoms with Crippen LogP contribution in [0, 0.1) is 0 Å². The number of nitrogens with zero attached hydrogens (tertiary/aromatic N) is 1. The Hall–Kier alpha value is -0.790. The van der Waals surface area contributed by atoms with E-state index in [0.29, 0.717) is 0 Å². The molecule has 0 aliphatic carbocycles. The Morgan fingerprint density at radius 2 is 1.04 bits per heavy atom. The minimum absolute atomic E-state index is 1.20. The topological polar surface area (TPSA) is 19.7 Å². The summed E-state index contributed by atoms with van der Waals surface area (Å²) in [6.07, 6.45) is 31.0. The number of H-pyrrole nitrogens is 1. The highest BCUT2D eigenvalue weighted by Crippen LogP contribution is 2.12. The zero-order valence-electron chi connectivity index (χ0n) is 18.7. The maximum absolute atomic E-state index is 3.47. The fourth-order valence-corrected chi connectivity index (χ4v) is 4.02. The number of aromatic amines is 1. The monoisotopic (exact) mass is 377 g/mol. The molecule has 27 heavy (non-hydrogen) atoms. The van der Waals surface area contributed by atoms with Crippen LogP contribution < -0.4 is 4.57 Å². The Balaban J connectivity index is 1.93. The number of nitrogens with one attached hydrogen (secondary N) is 1. The number of rotatable bonds is 20. The van der Waals surface area contributed by atoms with E-state index < -0.39 is 0 Å². The molecule has 1 aromatic rings.